The molecule has 0 aliphatic carbocycles. The number of aromatic nitrogens is 3. The van der Waals surface area contributed by atoms with Crippen molar-refractivity contribution >= 4 is 61.8 Å². The molecule has 1 heterocycles. The lowest BCUT2D eigenvalue weighted by molar-refractivity contribution is -0.118. The molecule has 3 rings (SSSR count). The van der Waals surface area contributed by atoms with Crippen LogP contribution in [0.3, 0.4) is 0 Å². The van der Waals surface area contributed by atoms with Crippen molar-refractivity contribution in [1.82, 2.24) is 20.2 Å². The lowest BCUT2D eigenvalue weighted by atomic mass is 10.2. The molecule has 0 bridgehead atoms. The van der Waals surface area contributed by atoms with Crippen LogP contribution in [-0.2, 0) is 11.3 Å². The number of halogens is 2. The molecule has 32 heavy (non-hydrogen) atoms. The zero-order valence-electron chi connectivity index (χ0n) is 17.3. The minimum atomic E-state index is -0.235. The zero-order chi connectivity index (χ0) is 22.9. The molecule has 0 saturated carbocycles. The normalized spacial score (nSPS) is 11.7. The van der Waals surface area contributed by atoms with Gasteiger partial charge in [-0.05, 0) is 46.6 Å². The van der Waals surface area contributed by atoms with E-state index in [-0.39, 0.29) is 11.7 Å². The second-order valence-corrected chi connectivity index (χ2v) is 9.65. The first-order valence-corrected chi connectivity index (χ1v) is 12.2. The number of thioether (sulfide) groups is 1. The molecule has 6 nitrogen and oxygen atoms in total. The SMILES string of the molecule is C=C(C)Cn1c(SCC(=O)N/N=C/C(Br)=C/c2ccccc2)nnc1-c1ccc(Br)cc1. The van der Waals surface area contributed by atoms with Crippen molar-refractivity contribution < 1.29 is 4.79 Å². The van der Waals surface area contributed by atoms with Crippen molar-refractivity contribution in [3.05, 3.63) is 81.3 Å². The summed E-state index contributed by atoms with van der Waals surface area (Å²) in [4.78, 5) is 12.2. The zero-order valence-corrected chi connectivity index (χ0v) is 21.3. The summed E-state index contributed by atoms with van der Waals surface area (Å²) < 4.78 is 3.70. The van der Waals surface area contributed by atoms with Gasteiger partial charge in [-0.25, -0.2) is 5.43 Å². The third kappa shape index (κ3) is 7.29. The Kier molecular flexibility index (Phi) is 9.01. The van der Waals surface area contributed by atoms with Crippen LogP contribution in [0.15, 0.2) is 86.0 Å². The largest absolute Gasteiger partial charge is 0.298 e. The molecule has 3 aromatic rings. The quantitative estimate of drug-likeness (QED) is 0.149. The molecule has 0 fully saturated rings. The minimum Gasteiger partial charge on any atom is -0.298 e. The maximum atomic E-state index is 12.2. The van der Waals surface area contributed by atoms with Crippen molar-refractivity contribution in [2.24, 2.45) is 5.10 Å². The highest BCUT2D eigenvalue weighted by Crippen LogP contribution is 2.26. The summed E-state index contributed by atoms with van der Waals surface area (Å²) >= 11 is 8.17. The number of hydrogen-bond acceptors (Lipinski definition) is 5. The van der Waals surface area contributed by atoms with Crippen LogP contribution in [-0.4, -0.2) is 32.6 Å². The van der Waals surface area contributed by atoms with Crippen LogP contribution in [0.1, 0.15) is 12.5 Å². The molecule has 1 aromatic heterocycles. The van der Waals surface area contributed by atoms with Gasteiger partial charge in [0.1, 0.15) is 0 Å². The Hall–Kier alpha value is -2.49. The van der Waals surface area contributed by atoms with Crippen molar-refractivity contribution in [2.45, 2.75) is 18.6 Å². The molecule has 0 aliphatic rings. The van der Waals surface area contributed by atoms with E-state index in [4.69, 9.17) is 0 Å². The van der Waals surface area contributed by atoms with E-state index in [1.54, 1.807) is 6.21 Å². The summed E-state index contributed by atoms with van der Waals surface area (Å²) in [6.45, 7) is 6.51. The fraction of sp³-hybridized carbons (Fsp3) is 0.130. The maximum Gasteiger partial charge on any atom is 0.250 e. The van der Waals surface area contributed by atoms with Gasteiger partial charge in [0.2, 0.25) is 0 Å². The van der Waals surface area contributed by atoms with Gasteiger partial charge in [-0.2, -0.15) is 5.10 Å². The van der Waals surface area contributed by atoms with Gasteiger partial charge >= 0.3 is 0 Å². The first kappa shape index (κ1) is 24.2. The molecule has 164 valence electrons. The second-order valence-electron chi connectivity index (χ2n) is 6.88. The molecule has 0 spiro atoms. The van der Waals surface area contributed by atoms with Gasteiger partial charge in [0.15, 0.2) is 11.0 Å². The number of nitrogens with one attached hydrogen (secondary N) is 1. The number of hydrogen-bond donors (Lipinski definition) is 1. The van der Waals surface area contributed by atoms with Crippen molar-refractivity contribution in [2.75, 3.05) is 5.75 Å². The molecular weight excluding hydrogens is 554 g/mol. The van der Waals surface area contributed by atoms with E-state index in [1.165, 1.54) is 11.8 Å². The lowest BCUT2D eigenvalue weighted by Crippen LogP contribution is -2.20. The number of allylic oxidation sites excluding steroid dienone is 2. The van der Waals surface area contributed by atoms with Crippen LogP contribution in [0.25, 0.3) is 17.5 Å². The summed E-state index contributed by atoms with van der Waals surface area (Å²) in [5, 5.41) is 13.3. The molecule has 0 radical (unpaired) electrons. The van der Waals surface area contributed by atoms with E-state index < -0.39 is 0 Å². The summed E-state index contributed by atoms with van der Waals surface area (Å²) in [6.07, 6.45) is 3.46. The Morgan fingerprint density at radius 3 is 2.59 bits per heavy atom. The highest BCUT2D eigenvalue weighted by Gasteiger charge is 2.15. The lowest BCUT2D eigenvalue weighted by Gasteiger charge is -2.10. The predicted molar refractivity (Wildman–Crippen MR) is 139 cm³/mol. The van der Waals surface area contributed by atoms with E-state index in [0.717, 1.165) is 31.5 Å². The van der Waals surface area contributed by atoms with Crippen LogP contribution in [0.2, 0.25) is 0 Å². The number of rotatable bonds is 9. The van der Waals surface area contributed by atoms with Gasteiger partial charge < -0.3 is 0 Å². The third-order valence-electron chi connectivity index (χ3n) is 4.06. The van der Waals surface area contributed by atoms with E-state index in [0.29, 0.717) is 11.7 Å². The van der Waals surface area contributed by atoms with Crippen LogP contribution in [0, 0.1) is 0 Å². The van der Waals surface area contributed by atoms with E-state index in [9.17, 15) is 4.79 Å². The Labute approximate surface area is 208 Å². The summed E-state index contributed by atoms with van der Waals surface area (Å²) in [6, 6.07) is 17.7. The first-order valence-electron chi connectivity index (χ1n) is 9.63. The van der Waals surface area contributed by atoms with Gasteiger partial charge in [-0.1, -0.05) is 82.3 Å². The molecule has 0 atom stereocenters. The van der Waals surface area contributed by atoms with Crippen LogP contribution < -0.4 is 5.43 Å². The summed E-state index contributed by atoms with van der Waals surface area (Å²) in [5.74, 6) is 0.657. The maximum absolute atomic E-state index is 12.2. The molecule has 0 aliphatic heterocycles. The van der Waals surface area contributed by atoms with E-state index >= 15 is 0 Å². The van der Waals surface area contributed by atoms with Crippen LogP contribution in [0.5, 0.6) is 0 Å². The fourth-order valence-corrected chi connectivity index (χ4v) is 4.06. The molecule has 1 N–H and O–H groups in total. The molecule has 2 aromatic carbocycles. The summed E-state index contributed by atoms with van der Waals surface area (Å²) in [7, 11) is 0. The third-order valence-corrected chi connectivity index (χ3v) is 5.99. The van der Waals surface area contributed by atoms with Crippen molar-refractivity contribution in [3.63, 3.8) is 0 Å². The average molecular weight is 575 g/mol. The molecular formula is C23H21Br2N5OS. The predicted octanol–water partition coefficient (Wildman–Crippen LogP) is 5.91. The Morgan fingerprint density at radius 2 is 1.91 bits per heavy atom. The minimum absolute atomic E-state index is 0.159. The highest BCUT2D eigenvalue weighted by atomic mass is 79.9. The van der Waals surface area contributed by atoms with Gasteiger partial charge in [0, 0.05) is 21.1 Å². The molecule has 1 amide bonds. The number of benzene rings is 2. The number of carbonyl (C=O) groups is 1. The molecule has 9 heteroatoms. The van der Waals surface area contributed by atoms with E-state index in [1.807, 2.05) is 72.2 Å². The van der Waals surface area contributed by atoms with Crippen LogP contribution in [0.4, 0.5) is 0 Å². The summed E-state index contributed by atoms with van der Waals surface area (Å²) in [5.41, 5.74) is 5.48. The number of carbonyl (C=O) groups excluding carboxylic acids is 1. The number of nitrogens with zero attached hydrogens (tertiary/aromatic N) is 4. The molecule has 0 unspecified atom stereocenters. The standard InChI is InChI=1S/C23H21Br2N5OS/c1-16(2)14-30-22(18-8-10-19(24)11-9-18)28-29-23(30)32-15-21(31)27-26-13-20(25)12-17-6-4-3-5-7-17/h3-13H,1,14-15H2,2H3,(H,27,31)/b20-12-,26-13+. The Morgan fingerprint density at radius 1 is 1.19 bits per heavy atom. The van der Waals surface area contributed by atoms with E-state index in [2.05, 4.69) is 59.2 Å². The number of hydrazone groups is 1. The highest BCUT2D eigenvalue weighted by molar-refractivity contribution is 9.12. The van der Waals surface area contributed by atoms with Gasteiger partial charge in [0.05, 0.1) is 12.0 Å². The number of amides is 1. The van der Waals surface area contributed by atoms with Gasteiger partial charge in [0.25, 0.3) is 5.91 Å². The average Bonchev–Trinajstić information content (AvgIpc) is 3.15. The van der Waals surface area contributed by atoms with Gasteiger partial charge in [-0.3, -0.25) is 9.36 Å². The second kappa shape index (κ2) is 11.9. The van der Waals surface area contributed by atoms with Crippen molar-refractivity contribution in [1.29, 1.82) is 0 Å². The topological polar surface area (TPSA) is 72.2 Å². The molecule has 0 saturated heterocycles. The fourth-order valence-electron chi connectivity index (χ4n) is 2.69. The smallest absolute Gasteiger partial charge is 0.250 e. The Bertz CT molecular complexity index is 1140. The Balaban J connectivity index is 1.62. The monoisotopic (exact) mass is 573 g/mol. The van der Waals surface area contributed by atoms with Crippen LogP contribution >= 0.6 is 43.6 Å². The van der Waals surface area contributed by atoms with Crippen molar-refractivity contribution in [3.8, 4) is 11.4 Å². The van der Waals surface area contributed by atoms with Gasteiger partial charge in [-0.15, -0.1) is 10.2 Å². The first-order chi connectivity index (χ1) is 15.4.